The molecule has 0 saturated heterocycles. The molecule has 0 fully saturated rings. The van der Waals surface area contributed by atoms with Crippen LogP contribution in [0.1, 0.15) is 11.3 Å². The summed E-state index contributed by atoms with van der Waals surface area (Å²) in [6.45, 7) is 1.61. The molecule has 0 aliphatic heterocycles. The molecule has 0 saturated carbocycles. The van der Waals surface area contributed by atoms with Crippen molar-refractivity contribution >= 4 is 21.4 Å². The zero-order chi connectivity index (χ0) is 17.4. The van der Waals surface area contributed by atoms with Crippen LogP contribution in [0.3, 0.4) is 0 Å². The van der Waals surface area contributed by atoms with E-state index in [1.807, 2.05) is 0 Å². The number of aromatic nitrogens is 1. The third kappa shape index (κ3) is 4.35. The Balaban J connectivity index is 2.53. The van der Waals surface area contributed by atoms with Gasteiger partial charge in [-0.2, -0.15) is 13.2 Å². The smallest absolute Gasteiger partial charge is 0.420 e. The van der Waals surface area contributed by atoms with Crippen molar-refractivity contribution in [3.05, 3.63) is 46.7 Å². The first-order chi connectivity index (χ1) is 10.5. The molecule has 0 aliphatic rings. The van der Waals surface area contributed by atoms with Gasteiger partial charge in [0.15, 0.2) is 9.84 Å². The van der Waals surface area contributed by atoms with E-state index in [4.69, 9.17) is 16.3 Å². The Kier molecular flexibility index (Phi) is 4.59. The van der Waals surface area contributed by atoms with Crippen molar-refractivity contribution in [2.24, 2.45) is 0 Å². The third-order valence-electron chi connectivity index (χ3n) is 2.81. The lowest BCUT2D eigenvalue weighted by Gasteiger charge is -2.15. The maximum Gasteiger partial charge on any atom is 0.420 e. The van der Waals surface area contributed by atoms with Gasteiger partial charge in [0, 0.05) is 24.1 Å². The third-order valence-corrected chi connectivity index (χ3v) is 4.11. The second-order valence-corrected chi connectivity index (χ2v) is 7.20. The van der Waals surface area contributed by atoms with Crippen LogP contribution >= 0.6 is 11.6 Å². The summed E-state index contributed by atoms with van der Waals surface area (Å²) in [6, 6.07) is 5.23. The van der Waals surface area contributed by atoms with Gasteiger partial charge in [0.1, 0.15) is 16.7 Å². The molecule has 0 amide bonds. The van der Waals surface area contributed by atoms with Crippen LogP contribution in [0.5, 0.6) is 11.5 Å². The Labute approximate surface area is 135 Å². The number of ether oxygens (including phenoxy) is 1. The minimum atomic E-state index is -4.78. The molecule has 0 N–H and O–H groups in total. The van der Waals surface area contributed by atoms with Gasteiger partial charge in [-0.1, -0.05) is 11.6 Å². The fourth-order valence-corrected chi connectivity index (χ4v) is 2.72. The van der Waals surface area contributed by atoms with Crippen LogP contribution in [0.25, 0.3) is 0 Å². The molecule has 0 radical (unpaired) electrons. The van der Waals surface area contributed by atoms with E-state index in [0.717, 1.165) is 18.4 Å². The van der Waals surface area contributed by atoms with E-state index < -0.39 is 32.2 Å². The average molecular weight is 366 g/mol. The number of pyridine rings is 1. The molecule has 0 spiro atoms. The summed E-state index contributed by atoms with van der Waals surface area (Å²) in [6.07, 6.45) is -3.95. The van der Waals surface area contributed by atoms with Crippen LogP contribution in [0, 0.1) is 6.92 Å². The van der Waals surface area contributed by atoms with E-state index in [0.29, 0.717) is 11.8 Å². The highest BCUT2D eigenvalue weighted by atomic mass is 35.5. The topological polar surface area (TPSA) is 56.3 Å². The minimum Gasteiger partial charge on any atom is -0.457 e. The second kappa shape index (κ2) is 6.01. The van der Waals surface area contributed by atoms with Gasteiger partial charge < -0.3 is 4.74 Å². The molecule has 124 valence electrons. The lowest BCUT2D eigenvalue weighted by atomic mass is 10.2. The van der Waals surface area contributed by atoms with Gasteiger partial charge in [0.2, 0.25) is 0 Å². The molecule has 4 nitrogen and oxygen atoms in total. The van der Waals surface area contributed by atoms with Crippen LogP contribution < -0.4 is 4.74 Å². The predicted octanol–water partition coefficient (Wildman–Crippen LogP) is 4.26. The summed E-state index contributed by atoms with van der Waals surface area (Å²) in [5.74, 6) is -0.452. The molecule has 0 aliphatic carbocycles. The number of hydrogen-bond acceptors (Lipinski definition) is 4. The highest BCUT2D eigenvalue weighted by Gasteiger charge is 2.35. The van der Waals surface area contributed by atoms with Crippen molar-refractivity contribution in [2.75, 3.05) is 6.26 Å². The molecule has 9 heteroatoms. The van der Waals surface area contributed by atoms with E-state index in [9.17, 15) is 21.6 Å². The molecule has 0 atom stereocenters. The molecule has 23 heavy (non-hydrogen) atoms. The van der Waals surface area contributed by atoms with Crippen LogP contribution in [0.4, 0.5) is 13.2 Å². The summed E-state index contributed by atoms with van der Waals surface area (Å²) in [5, 5.41) is 0.0707. The molecule has 0 bridgehead atoms. The van der Waals surface area contributed by atoms with Gasteiger partial charge in [-0.05, 0) is 25.1 Å². The second-order valence-electron chi connectivity index (χ2n) is 4.80. The summed E-state index contributed by atoms with van der Waals surface area (Å²) in [7, 11) is -3.78. The van der Waals surface area contributed by atoms with E-state index in [2.05, 4.69) is 4.98 Å². The van der Waals surface area contributed by atoms with Crippen molar-refractivity contribution < 1.29 is 26.3 Å². The lowest BCUT2D eigenvalue weighted by Crippen LogP contribution is -2.09. The Morgan fingerprint density at radius 1 is 1.17 bits per heavy atom. The molecule has 1 aromatic carbocycles. The quantitative estimate of drug-likeness (QED) is 0.763. The van der Waals surface area contributed by atoms with Crippen LogP contribution in [0.15, 0.2) is 35.2 Å². The first-order valence-electron chi connectivity index (χ1n) is 6.20. The zero-order valence-electron chi connectivity index (χ0n) is 12.0. The van der Waals surface area contributed by atoms with Gasteiger partial charge in [-0.3, -0.25) is 0 Å². The number of hydrogen-bond donors (Lipinski definition) is 0. The number of benzene rings is 1. The number of sulfone groups is 1. The maximum absolute atomic E-state index is 13.2. The van der Waals surface area contributed by atoms with Gasteiger partial charge in [-0.15, -0.1) is 0 Å². The number of rotatable bonds is 3. The van der Waals surface area contributed by atoms with Crippen LogP contribution in [0.2, 0.25) is 5.15 Å². The van der Waals surface area contributed by atoms with Gasteiger partial charge in [0.05, 0.1) is 10.5 Å². The highest BCUT2D eigenvalue weighted by molar-refractivity contribution is 7.90. The fourth-order valence-electron chi connectivity index (χ4n) is 1.83. The summed E-state index contributed by atoms with van der Waals surface area (Å²) in [4.78, 5) is 3.43. The van der Waals surface area contributed by atoms with Crippen molar-refractivity contribution in [3.8, 4) is 11.5 Å². The van der Waals surface area contributed by atoms with Crippen LogP contribution in [-0.2, 0) is 16.0 Å². The number of nitrogens with zero attached hydrogens (tertiary/aromatic N) is 1. The summed E-state index contributed by atoms with van der Waals surface area (Å²) in [5.41, 5.74) is -0.722. The average Bonchev–Trinajstić information content (AvgIpc) is 2.35. The molecule has 2 aromatic rings. The standard InChI is InChI=1S/C14H11ClF3NO3S/c1-8-5-9(6-13(15)19-8)22-12-4-3-10(23(2,20)21)7-11(12)14(16,17)18/h3-7H,1-2H3. The van der Waals surface area contributed by atoms with Crippen molar-refractivity contribution in [1.82, 2.24) is 4.98 Å². The normalized spacial score (nSPS) is 12.3. The Hall–Kier alpha value is -1.80. The first-order valence-corrected chi connectivity index (χ1v) is 8.47. The van der Waals surface area contributed by atoms with Crippen molar-refractivity contribution in [3.63, 3.8) is 0 Å². The Morgan fingerprint density at radius 3 is 2.35 bits per heavy atom. The SMILES string of the molecule is Cc1cc(Oc2ccc(S(C)(=O)=O)cc2C(F)(F)F)cc(Cl)n1. The van der Waals surface area contributed by atoms with Gasteiger partial charge in [0.25, 0.3) is 0 Å². The monoisotopic (exact) mass is 365 g/mol. The van der Waals surface area contributed by atoms with E-state index >= 15 is 0 Å². The fraction of sp³-hybridized carbons (Fsp3) is 0.214. The maximum atomic E-state index is 13.2. The first kappa shape index (κ1) is 17.6. The molecule has 1 aromatic heterocycles. The summed E-state index contributed by atoms with van der Waals surface area (Å²) >= 11 is 5.74. The Bertz CT molecular complexity index is 831. The molecular weight excluding hydrogens is 355 g/mol. The van der Waals surface area contributed by atoms with Crippen molar-refractivity contribution in [1.29, 1.82) is 0 Å². The van der Waals surface area contributed by atoms with Crippen LogP contribution in [-0.4, -0.2) is 19.7 Å². The largest absolute Gasteiger partial charge is 0.457 e. The van der Waals surface area contributed by atoms with Gasteiger partial charge in [-0.25, -0.2) is 13.4 Å². The molecular formula is C14H11ClF3NO3S. The summed E-state index contributed by atoms with van der Waals surface area (Å²) < 4.78 is 67.6. The number of halogens is 4. The predicted molar refractivity (Wildman–Crippen MR) is 78.6 cm³/mol. The molecule has 1 heterocycles. The zero-order valence-corrected chi connectivity index (χ0v) is 13.6. The Morgan fingerprint density at radius 2 is 1.83 bits per heavy atom. The van der Waals surface area contributed by atoms with E-state index in [-0.39, 0.29) is 10.9 Å². The number of alkyl halides is 3. The molecule has 0 unspecified atom stereocenters. The minimum absolute atomic E-state index is 0.0695. The molecule has 2 rings (SSSR count). The number of aryl methyl sites for hydroxylation is 1. The van der Waals surface area contributed by atoms with E-state index in [1.165, 1.54) is 12.1 Å². The van der Waals surface area contributed by atoms with Gasteiger partial charge >= 0.3 is 6.18 Å². The highest BCUT2D eigenvalue weighted by Crippen LogP contribution is 2.39. The lowest BCUT2D eigenvalue weighted by molar-refractivity contribution is -0.138. The van der Waals surface area contributed by atoms with E-state index in [1.54, 1.807) is 6.92 Å². The van der Waals surface area contributed by atoms with Crippen molar-refractivity contribution in [2.45, 2.75) is 18.0 Å².